The Bertz CT molecular complexity index is 692. The average Bonchev–Trinajstić information content (AvgIpc) is 2.49. The average molecular weight is 280 g/mol. The zero-order valence-electron chi connectivity index (χ0n) is 12.3. The van der Waals surface area contributed by atoms with Crippen LogP contribution in [0.15, 0.2) is 36.4 Å². The van der Waals surface area contributed by atoms with E-state index in [4.69, 9.17) is 15.9 Å². The largest absolute Gasteiger partial charge is 0.456 e. The number of amidine groups is 1. The molecule has 0 spiro atoms. The third kappa shape index (κ3) is 2.77. The maximum absolute atomic E-state index is 7.69. The number of para-hydroxylation sites is 1. The SMILES string of the molecule is Cc1cccc(C(=N)N)c1Oc1ccc2c(c1)CCCC2. The number of hydrogen-bond acceptors (Lipinski definition) is 2. The Kier molecular flexibility index (Phi) is 3.65. The van der Waals surface area contributed by atoms with Crippen LogP contribution in [-0.4, -0.2) is 5.84 Å². The van der Waals surface area contributed by atoms with Gasteiger partial charge in [0, 0.05) is 0 Å². The van der Waals surface area contributed by atoms with Gasteiger partial charge in [-0.3, -0.25) is 5.41 Å². The third-order valence-corrected chi connectivity index (χ3v) is 4.04. The van der Waals surface area contributed by atoms with E-state index in [-0.39, 0.29) is 5.84 Å². The number of benzene rings is 2. The first kappa shape index (κ1) is 13.7. The van der Waals surface area contributed by atoms with Crippen molar-refractivity contribution >= 4 is 5.84 Å². The van der Waals surface area contributed by atoms with Gasteiger partial charge in [-0.1, -0.05) is 18.2 Å². The molecular weight excluding hydrogens is 260 g/mol. The summed E-state index contributed by atoms with van der Waals surface area (Å²) < 4.78 is 6.05. The number of nitrogens with one attached hydrogen (secondary N) is 1. The van der Waals surface area contributed by atoms with E-state index < -0.39 is 0 Å². The number of rotatable bonds is 3. The monoisotopic (exact) mass is 280 g/mol. The highest BCUT2D eigenvalue weighted by Crippen LogP contribution is 2.31. The Labute approximate surface area is 125 Å². The summed E-state index contributed by atoms with van der Waals surface area (Å²) >= 11 is 0. The summed E-state index contributed by atoms with van der Waals surface area (Å²) in [4.78, 5) is 0. The molecule has 0 fully saturated rings. The highest BCUT2D eigenvalue weighted by atomic mass is 16.5. The molecular formula is C18H20N2O. The summed E-state index contributed by atoms with van der Waals surface area (Å²) in [6.45, 7) is 1.97. The van der Waals surface area contributed by atoms with Gasteiger partial charge in [0.2, 0.25) is 0 Å². The van der Waals surface area contributed by atoms with E-state index in [2.05, 4.69) is 12.1 Å². The van der Waals surface area contributed by atoms with E-state index >= 15 is 0 Å². The van der Waals surface area contributed by atoms with E-state index in [1.165, 1.54) is 30.4 Å². The Morgan fingerprint density at radius 1 is 1.10 bits per heavy atom. The Morgan fingerprint density at radius 3 is 2.62 bits per heavy atom. The van der Waals surface area contributed by atoms with Crippen molar-refractivity contribution in [2.45, 2.75) is 32.6 Å². The molecule has 3 nitrogen and oxygen atoms in total. The molecule has 0 radical (unpaired) electrons. The van der Waals surface area contributed by atoms with Gasteiger partial charge in [0.1, 0.15) is 17.3 Å². The maximum Gasteiger partial charge on any atom is 0.141 e. The van der Waals surface area contributed by atoms with Gasteiger partial charge in [-0.15, -0.1) is 0 Å². The van der Waals surface area contributed by atoms with Crippen molar-refractivity contribution in [3.63, 3.8) is 0 Å². The van der Waals surface area contributed by atoms with Crippen molar-refractivity contribution in [1.29, 1.82) is 5.41 Å². The van der Waals surface area contributed by atoms with Crippen LogP contribution in [0.3, 0.4) is 0 Å². The van der Waals surface area contributed by atoms with E-state index in [1.807, 2.05) is 31.2 Å². The highest BCUT2D eigenvalue weighted by molar-refractivity contribution is 5.98. The minimum Gasteiger partial charge on any atom is -0.456 e. The number of fused-ring (bicyclic) bond motifs is 1. The minimum absolute atomic E-state index is 0.0339. The highest BCUT2D eigenvalue weighted by Gasteiger charge is 2.13. The molecule has 2 aromatic rings. The summed E-state index contributed by atoms with van der Waals surface area (Å²) in [6.07, 6.45) is 4.82. The lowest BCUT2D eigenvalue weighted by molar-refractivity contribution is 0.476. The van der Waals surface area contributed by atoms with Crippen LogP contribution < -0.4 is 10.5 Å². The number of aryl methyl sites for hydroxylation is 3. The zero-order valence-corrected chi connectivity index (χ0v) is 12.3. The fourth-order valence-corrected chi connectivity index (χ4v) is 2.89. The molecule has 1 aliphatic carbocycles. The van der Waals surface area contributed by atoms with Crippen LogP contribution >= 0.6 is 0 Å². The maximum atomic E-state index is 7.69. The minimum atomic E-state index is 0.0339. The van der Waals surface area contributed by atoms with E-state index in [9.17, 15) is 0 Å². The Morgan fingerprint density at radius 2 is 1.86 bits per heavy atom. The molecule has 0 saturated carbocycles. The number of nitrogens with two attached hydrogens (primary N) is 1. The van der Waals surface area contributed by atoms with Crippen molar-refractivity contribution < 1.29 is 4.74 Å². The van der Waals surface area contributed by atoms with Crippen LogP contribution in [0.2, 0.25) is 0 Å². The number of ether oxygens (including phenoxy) is 1. The Hall–Kier alpha value is -2.29. The molecule has 3 N–H and O–H groups in total. The molecule has 0 atom stereocenters. The normalized spacial score (nSPS) is 13.6. The van der Waals surface area contributed by atoms with Gasteiger partial charge in [-0.05, 0) is 67.5 Å². The summed E-state index contributed by atoms with van der Waals surface area (Å²) in [7, 11) is 0. The van der Waals surface area contributed by atoms with Gasteiger partial charge < -0.3 is 10.5 Å². The standard InChI is InChI=1S/C18H20N2O/c1-12-5-4-8-16(18(19)20)17(12)21-15-10-9-13-6-2-3-7-14(13)11-15/h4-5,8-11H,2-3,6-7H2,1H3,(H3,19,20). The molecule has 0 aliphatic heterocycles. The van der Waals surface area contributed by atoms with E-state index in [0.29, 0.717) is 11.3 Å². The molecule has 0 aromatic heterocycles. The van der Waals surface area contributed by atoms with Crippen molar-refractivity contribution in [3.8, 4) is 11.5 Å². The summed E-state index contributed by atoms with van der Waals surface area (Å²) in [5, 5.41) is 7.69. The predicted molar refractivity (Wildman–Crippen MR) is 85.4 cm³/mol. The van der Waals surface area contributed by atoms with Gasteiger partial charge in [0.15, 0.2) is 0 Å². The second kappa shape index (κ2) is 5.60. The van der Waals surface area contributed by atoms with E-state index in [0.717, 1.165) is 17.7 Å². The predicted octanol–water partition coefficient (Wildman–Crippen LogP) is 3.95. The molecule has 3 heteroatoms. The molecule has 0 amide bonds. The first-order valence-corrected chi connectivity index (χ1v) is 7.39. The van der Waals surface area contributed by atoms with Gasteiger partial charge in [-0.25, -0.2) is 0 Å². The quantitative estimate of drug-likeness (QED) is 0.660. The lowest BCUT2D eigenvalue weighted by Crippen LogP contribution is -2.13. The van der Waals surface area contributed by atoms with Crippen LogP contribution in [0.4, 0.5) is 0 Å². The van der Waals surface area contributed by atoms with Crippen LogP contribution in [-0.2, 0) is 12.8 Å². The smallest absolute Gasteiger partial charge is 0.141 e. The number of hydrogen-bond donors (Lipinski definition) is 2. The fourth-order valence-electron chi connectivity index (χ4n) is 2.89. The second-order valence-electron chi connectivity index (χ2n) is 5.60. The van der Waals surface area contributed by atoms with Gasteiger partial charge >= 0.3 is 0 Å². The third-order valence-electron chi connectivity index (χ3n) is 4.04. The molecule has 0 unspecified atom stereocenters. The van der Waals surface area contributed by atoms with Gasteiger partial charge in [-0.2, -0.15) is 0 Å². The summed E-state index contributed by atoms with van der Waals surface area (Å²) in [6, 6.07) is 12.0. The number of nitrogen functional groups attached to an aromatic ring is 1. The topological polar surface area (TPSA) is 59.1 Å². The van der Waals surface area contributed by atoms with Crippen molar-refractivity contribution in [3.05, 3.63) is 58.7 Å². The molecule has 21 heavy (non-hydrogen) atoms. The van der Waals surface area contributed by atoms with Crippen LogP contribution in [0.1, 0.15) is 35.1 Å². The molecule has 2 aromatic carbocycles. The first-order chi connectivity index (χ1) is 10.1. The summed E-state index contributed by atoms with van der Waals surface area (Å²) in [5.41, 5.74) is 10.1. The van der Waals surface area contributed by atoms with Crippen LogP contribution in [0.25, 0.3) is 0 Å². The molecule has 0 saturated heterocycles. The van der Waals surface area contributed by atoms with Crippen molar-refractivity contribution in [2.24, 2.45) is 5.73 Å². The first-order valence-electron chi connectivity index (χ1n) is 7.39. The molecule has 108 valence electrons. The van der Waals surface area contributed by atoms with Crippen LogP contribution in [0, 0.1) is 12.3 Å². The fraction of sp³-hybridized carbons (Fsp3) is 0.278. The van der Waals surface area contributed by atoms with E-state index in [1.54, 1.807) is 0 Å². The van der Waals surface area contributed by atoms with Crippen LogP contribution in [0.5, 0.6) is 11.5 Å². The summed E-state index contributed by atoms with van der Waals surface area (Å²) in [5.74, 6) is 1.54. The van der Waals surface area contributed by atoms with Gasteiger partial charge in [0.05, 0.1) is 5.56 Å². The molecule has 3 rings (SSSR count). The lowest BCUT2D eigenvalue weighted by Gasteiger charge is -2.18. The zero-order chi connectivity index (χ0) is 14.8. The van der Waals surface area contributed by atoms with Gasteiger partial charge in [0.25, 0.3) is 0 Å². The molecule has 0 heterocycles. The van der Waals surface area contributed by atoms with Crippen molar-refractivity contribution in [2.75, 3.05) is 0 Å². The van der Waals surface area contributed by atoms with Crippen molar-refractivity contribution in [1.82, 2.24) is 0 Å². The Balaban J connectivity index is 1.95. The molecule has 0 bridgehead atoms. The molecule has 1 aliphatic rings. The second-order valence-corrected chi connectivity index (χ2v) is 5.60. The lowest BCUT2D eigenvalue weighted by atomic mass is 9.92.